The van der Waals surface area contributed by atoms with Crippen molar-refractivity contribution in [3.63, 3.8) is 0 Å². The minimum absolute atomic E-state index is 0.212. The van der Waals surface area contributed by atoms with Crippen molar-refractivity contribution in [1.29, 1.82) is 0 Å². The molecular weight excluding hydrogens is 200 g/mol. The molecule has 0 aliphatic carbocycles. The average Bonchev–Trinajstić information content (AvgIpc) is 2.23. The van der Waals surface area contributed by atoms with Gasteiger partial charge in [0, 0.05) is 6.42 Å². The highest BCUT2D eigenvalue weighted by atomic mass is 16.4. The molecule has 16 heavy (non-hydrogen) atoms. The third-order valence-electron chi connectivity index (χ3n) is 3.74. The van der Waals surface area contributed by atoms with Crippen LogP contribution in [0.1, 0.15) is 39.8 Å². The van der Waals surface area contributed by atoms with Crippen LogP contribution in [0.5, 0.6) is 0 Å². The molecule has 0 bridgehead atoms. The predicted molar refractivity (Wildman–Crippen MR) is 66.1 cm³/mol. The highest BCUT2D eigenvalue weighted by Crippen LogP contribution is 2.26. The van der Waals surface area contributed by atoms with Gasteiger partial charge in [0.2, 0.25) is 0 Å². The minimum atomic E-state index is -0.727. The van der Waals surface area contributed by atoms with Gasteiger partial charge in [-0.1, -0.05) is 0 Å². The van der Waals surface area contributed by atoms with Crippen LogP contribution >= 0.6 is 0 Å². The van der Waals surface area contributed by atoms with Crippen LogP contribution in [0.3, 0.4) is 0 Å². The van der Waals surface area contributed by atoms with Gasteiger partial charge in [0.15, 0.2) is 0 Å². The lowest BCUT2D eigenvalue weighted by atomic mass is 9.88. The zero-order chi connectivity index (χ0) is 12.5. The van der Waals surface area contributed by atoms with Gasteiger partial charge in [-0.15, -0.1) is 0 Å². The number of carbonyl (C=O) groups is 1. The van der Waals surface area contributed by atoms with Gasteiger partial charge >= 0.3 is 5.97 Å². The number of hydrogen-bond acceptors (Lipinski definition) is 1. The van der Waals surface area contributed by atoms with Crippen molar-refractivity contribution >= 4 is 5.97 Å². The normalized spacial score (nSPS) is 10.6. The van der Waals surface area contributed by atoms with Gasteiger partial charge in [0.1, 0.15) is 0 Å². The Morgan fingerprint density at radius 1 is 0.875 bits per heavy atom. The molecule has 88 valence electrons. The van der Waals surface area contributed by atoms with Crippen molar-refractivity contribution in [2.75, 3.05) is 0 Å². The monoisotopic (exact) mass is 220 g/mol. The zero-order valence-corrected chi connectivity index (χ0v) is 10.8. The van der Waals surface area contributed by atoms with Crippen molar-refractivity contribution < 1.29 is 9.90 Å². The summed E-state index contributed by atoms with van der Waals surface area (Å²) in [5.41, 5.74) is 7.63. The second-order valence-electron chi connectivity index (χ2n) is 4.50. The Balaban J connectivity index is 3.23. The van der Waals surface area contributed by atoms with Crippen LogP contribution in [0.2, 0.25) is 0 Å². The third-order valence-corrected chi connectivity index (χ3v) is 3.74. The highest BCUT2D eigenvalue weighted by molar-refractivity contribution is 5.67. The van der Waals surface area contributed by atoms with E-state index in [2.05, 4.69) is 34.6 Å². The standard InChI is InChI=1S/C14H20O2/c1-8-9(2)11(4)13(6-7-14(15)16)12(5)10(8)3/h6-7H2,1-5H3,(H,15,16). The number of aliphatic carboxylic acids is 1. The molecule has 0 spiro atoms. The van der Waals surface area contributed by atoms with Gasteiger partial charge in [0.25, 0.3) is 0 Å². The van der Waals surface area contributed by atoms with E-state index < -0.39 is 5.97 Å². The third kappa shape index (κ3) is 2.26. The van der Waals surface area contributed by atoms with Crippen molar-refractivity contribution in [2.45, 2.75) is 47.5 Å². The molecule has 0 saturated carbocycles. The first-order valence-electron chi connectivity index (χ1n) is 5.63. The molecule has 0 saturated heterocycles. The summed E-state index contributed by atoms with van der Waals surface area (Å²) in [4.78, 5) is 10.6. The molecule has 1 aromatic rings. The van der Waals surface area contributed by atoms with Gasteiger partial charge in [-0.3, -0.25) is 4.79 Å². The van der Waals surface area contributed by atoms with E-state index in [1.54, 1.807) is 0 Å². The largest absolute Gasteiger partial charge is 0.481 e. The molecule has 0 radical (unpaired) electrons. The summed E-state index contributed by atoms with van der Waals surface area (Å²) in [5.74, 6) is -0.727. The SMILES string of the molecule is Cc1c(C)c(C)c(CCC(=O)O)c(C)c1C. The van der Waals surface area contributed by atoms with Crippen LogP contribution in [0.4, 0.5) is 0 Å². The van der Waals surface area contributed by atoms with E-state index >= 15 is 0 Å². The van der Waals surface area contributed by atoms with Gasteiger partial charge in [-0.2, -0.15) is 0 Å². The fourth-order valence-electron chi connectivity index (χ4n) is 2.18. The lowest BCUT2D eigenvalue weighted by Crippen LogP contribution is -2.05. The van der Waals surface area contributed by atoms with Crippen LogP contribution in [-0.2, 0) is 11.2 Å². The maximum Gasteiger partial charge on any atom is 0.303 e. The van der Waals surface area contributed by atoms with Gasteiger partial charge in [-0.05, 0) is 74.4 Å². The van der Waals surface area contributed by atoms with Crippen LogP contribution in [0.15, 0.2) is 0 Å². The molecule has 2 nitrogen and oxygen atoms in total. The number of benzene rings is 1. The minimum Gasteiger partial charge on any atom is -0.481 e. The van der Waals surface area contributed by atoms with Crippen molar-refractivity contribution in [1.82, 2.24) is 0 Å². The molecular formula is C14H20O2. The Morgan fingerprint density at radius 2 is 1.25 bits per heavy atom. The average molecular weight is 220 g/mol. The fraction of sp³-hybridized carbons (Fsp3) is 0.500. The van der Waals surface area contributed by atoms with Crippen molar-refractivity contribution in [3.05, 3.63) is 33.4 Å². The highest BCUT2D eigenvalue weighted by Gasteiger charge is 2.12. The van der Waals surface area contributed by atoms with E-state index in [0.717, 1.165) is 0 Å². The number of carboxylic acids is 1. The molecule has 2 heteroatoms. The fourth-order valence-corrected chi connectivity index (χ4v) is 2.18. The van der Waals surface area contributed by atoms with E-state index in [1.807, 2.05) is 0 Å². The van der Waals surface area contributed by atoms with E-state index in [4.69, 9.17) is 5.11 Å². The van der Waals surface area contributed by atoms with Gasteiger partial charge < -0.3 is 5.11 Å². The lowest BCUT2D eigenvalue weighted by Gasteiger charge is -2.18. The van der Waals surface area contributed by atoms with E-state index in [-0.39, 0.29) is 6.42 Å². The maximum atomic E-state index is 10.6. The molecule has 0 amide bonds. The number of carboxylic acid groups (broad SMARTS) is 1. The lowest BCUT2D eigenvalue weighted by molar-refractivity contribution is -0.136. The molecule has 1 aromatic carbocycles. The molecule has 0 aliphatic heterocycles. The van der Waals surface area contributed by atoms with Crippen LogP contribution in [-0.4, -0.2) is 11.1 Å². The molecule has 1 rings (SSSR count). The molecule has 1 N–H and O–H groups in total. The molecule has 0 fully saturated rings. The zero-order valence-electron chi connectivity index (χ0n) is 10.8. The van der Waals surface area contributed by atoms with Gasteiger partial charge in [-0.25, -0.2) is 0 Å². The predicted octanol–water partition coefficient (Wildman–Crippen LogP) is 3.25. The molecule has 0 aliphatic rings. The number of hydrogen-bond donors (Lipinski definition) is 1. The molecule has 0 unspecified atom stereocenters. The summed E-state index contributed by atoms with van der Waals surface area (Å²) in [7, 11) is 0. The first kappa shape index (κ1) is 12.8. The van der Waals surface area contributed by atoms with Crippen LogP contribution < -0.4 is 0 Å². The molecule has 0 atom stereocenters. The Hall–Kier alpha value is -1.31. The second kappa shape index (κ2) is 4.69. The summed E-state index contributed by atoms with van der Waals surface area (Å²) in [6.45, 7) is 10.5. The maximum absolute atomic E-state index is 10.6. The van der Waals surface area contributed by atoms with Crippen molar-refractivity contribution in [3.8, 4) is 0 Å². The first-order valence-corrected chi connectivity index (χ1v) is 5.63. The summed E-state index contributed by atoms with van der Waals surface area (Å²) in [6, 6.07) is 0. The van der Waals surface area contributed by atoms with Crippen LogP contribution in [0, 0.1) is 34.6 Å². The quantitative estimate of drug-likeness (QED) is 0.849. The van der Waals surface area contributed by atoms with E-state index in [0.29, 0.717) is 6.42 Å². The number of rotatable bonds is 3. The Kier molecular flexibility index (Phi) is 3.74. The summed E-state index contributed by atoms with van der Waals surface area (Å²) in [5, 5.41) is 8.75. The Labute approximate surface area is 97.3 Å². The topological polar surface area (TPSA) is 37.3 Å². The Morgan fingerprint density at radius 3 is 1.62 bits per heavy atom. The molecule has 0 aromatic heterocycles. The Bertz CT molecular complexity index is 402. The summed E-state index contributed by atoms with van der Waals surface area (Å²) >= 11 is 0. The van der Waals surface area contributed by atoms with E-state index in [1.165, 1.54) is 33.4 Å². The van der Waals surface area contributed by atoms with Gasteiger partial charge in [0.05, 0.1) is 0 Å². The van der Waals surface area contributed by atoms with Crippen molar-refractivity contribution in [2.24, 2.45) is 0 Å². The van der Waals surface area contributed by atoms with Crippen LogP contribution in [0.25, 0.3) is 0 Å². The van der Waals surface area contributed by atoms with E-state index in [9.17, 15) is 4.79 Å². The first-order chi connectivity index (χ1) is 7.36. The molecule has 0 heterocycles. The summed E-state index contributed by atoms with van der Waals surface area (Å²) < 4.78 is 0. The smallest absolute Gasteiger partial charge is 0.303 e. The summed E-state index contributed by atoms with van der Waals surface area (Å²) in [6.07, 6.45) is 0.846. The second-order valence-corrected chi connectivity index (χ2v) is 4.50.